The molecule has 3 N–H and O–H groups in total. The molecule has 0 fully saturated rings. The van der Waals surface area contributed by atoms with Crippen molar-refractivity contribution < 1.29 is 22.8 Å². The van der Waals surface area contributed by atoms with E-state index in [0.29, 0.717) is 16.8 Å². The van der Waals surface area contributed by atoms with Crippen LogP contribution < -0.4 is 16.3 Å². The molecule has 0 aliphatic carbocycles. The first-order valence-corrected chi connectivity index (χ1v) is 7.65. The van der Waals surface area contributed by atoms with Crippen LogP contribution in [0.4, 0.5) is 18.9 Å². The summed E-state index contributed by atoms with van der Waals surface area (Å²) in [6.07, 6.45) is -4.40. The van der Waals surface area contributed by atoms with Gasteiger partial charge in [0.25, 0.3) is 5.91 Å². The number of nitrogens with one attached hydrogen (secondary N) is 1. The predicted molar refractivity (Wildman–Crippen MR) is 87.4 cm³/mol. The van der Waals surface area contributed by atoms with Gasteiger partial charge in [-0.15, -0.1) is 5.53 Å². The van der Waals surface area contributed by atoms with Gasteiger partial charge in [0.15, 0.2) is 0 Å². The van der Waals surface area contributed by atoms with Gasteiger partial charge in [-0.2, -0.15) is 13.2 Å². The minimum absolute atomic E-state index is 0.178. The molecule has 0 saturated heterocycles. The molecular weight excluding hydrogens is 349 g/mol. The third-order valence-corrected chi connectivity index (χ3v) is 3.85. The van der Waals surface area contributed by atoms with E-state index >= 15 is 0 Å². The van der Waals surface area contributed by atoms with E-state index in [9.17, 15) is 22.8 Å². The number of para-hydroxylation sites is 1. The van der Waals surface area contributed by atoms with Crippen LogP contribution in [-0.4, -0.2) is 23.4 Å². The fraction of sp³-hybridized carbons (Fsp3) is 0.176. The molecule has 0 unspecified atom stereocenters. The Bertz CT molecular complexity index is 837. The predicted octanol–water partition coefficient (Wildman–Crippen LogP) is 2.07. The van der Waals surface area contributed by atoms with Crippen molar-refractivity contribution in [2.45, 2.75) is 12.7 Å². The van der Waals surface area contributed by atoms with E-state index in [1.807, 2.05) is 0 Å². The average Bonchev–Trinajstić information content (AvgIpc) is 2.58. The summed E-state index contributed by atoms with van der Waals surface area (Å²) in [4.78, 5) is 23.6. The van der Waals surface area contributed by atoms with Crippen LogP contribution in [0, 0.1) is 0 Å². The number of primary amides is 1. The van der Waals surface area contributed by atoms with Gasteiger partial charge in [-0.25, -0.2) is 5.01 Å². The Morgan fingerprint density at radius 2 is 1.69 bits per heavy atom. The summed E-state index contributed by atoms with van der Waals surface area (Å²) in [6.45, 7) is -0.158. The largest absolute Gasteiger partial charge is 0.416 e. The highest BCUT2D eigenvalue weighted by Gasteiger charge is 2.31. The maximum atomic E-state index is 12.7. The van der Waals surface area contributed by atoms with Crippen molar-refractivity contribution >= 4 is 17.5 Å². The van der Waals surface area contributed by atoms with Crippen molar-refractivity contribution in [2.24, 2.45) is 5.73 Å². The topological polar surface area (TPSA) is 78.7 Å². The highest BCUT2D eigenvalue weighted by molar-refractivity contribution is 6.02. The number of hydrazine groups is 2. The third-order valence-electron chi connectivity index (χ3n) is 3.85. The van der Waals surface area contributed by atoms with E-state index in [1.165, 1.54) is 12.1 Å². The normalized spacial score (nSPS) is 14.3. The van der Waals surface area contributed by atoms with Crippen LogP contribution in [-0.2, 0) is 17.5 Å². The second-order valence-corrected chi connectivity index (χ2v) is 5.76. The van der Waals surface area contributed by atoms with E-state index in [4.69, 9.17) is 5.73 Å². The number of carbonyl (C=O) groups excluding carboxylic acids is 2. The number of rotatable bonds is 4. The number of carbonyl (C=O) groups is 2. The molecule has 0 spiro atoms. The Morgan fingerprint density at radius 1 is 1.04 bits per heavy atom. The Balaban J connectivity index is 1.87. The van der Waals surface area contributed by atoms with E-state index in [2.05, 4.69) is 5.53 Å². The lowest BCUT2D eigenvalue weighted by Gasteiger charge is -2.38. The van der Waals surface area contributed by atoms with E-state index in [0.717, 1.165) is 17.1 Å². The molecule has 0 radical (unpaired) electrons. The quantitative estimate of drug-likeness (QED) is 0.871. The first-order chi connectivity index (χ1) is 12.3. The summed E-state index contributed by atoms with van der Waals surface area (Å²) >= 11 is 0. The Hall–Kier alpha value is -3.07. The smallest absolute Gasteiger partial charge is 0.368 e. The van der Waals surface area contributed by atoms with Gasteiger partial charge >= 0.3 is 6.18 Å². The second kappa shape index (κ2) is 6.68. The molecule has 26 heavy (non-hydrogen) atoms. The summed E-state index contributed by atoms with van der Waals surface area (Å²) in [7, 11) is 0. The summed E-state index contributed by atoms with van der Waals surface area (Å²) in [5, 5.41) is 2.64. The summed E-state index contributed by atoms with van der Waals surface area (Å²) in [6, 6.07) is 11.4. The van der Waals surface area contributed by atoms with Gasteiger partial charge in [-0.1, -0.05) is 24.3 Å². The van der Waals surface area contributed by atoms with Gasteiger partial charge in [0, 0.05) is 0 Å². The molecule has 2 aromatic rings. The second-order valence-electron chi connectivity index (χ2n) is 5.76. The fourth-order valence-electron chi connectivity index (χ4n) is 2.65. The number of fused-ring (bicyclic) bond motifs is 1. The molecule has 0 atom stereocenters. The first kappa shape index (κ1) is 17.7. The number of anilines is 1. The van der Waals surface area contributed by atoms with Crippen LogP contribution in [0.5, 0.6) is 0 Å². The molecule has 3 rings (SSSR count). The van der Waals surface area contributed by atoms with Gasteiger partial charge in [0.1, 0.15) is 6.54 Å². The summed E-state index contributed by atoms with van der Waals surface area (Å²) < 4.78 is 38.0. The Kier molecular flexibility index (Phi) is 4.56. The van der Waals surface area contributed by atoms with E-state index < -0.39 is 23.6 Å². The monoisotopic (exact) mass is 364 g/mol. The van der Waals surface area contributed by atoms with Gasteiger partial charge in [-0.3, -0.25) is 14.6 Å². The van der Waals surface area contributed by atoms with Crippen LogP contribution in [0.15, 0.2) is 48.5 Å². The number of hydrogen-bond donors (Lipinski definition) is 2. The van der Waals surface area contributed by atoms with E-state index in [1.54, 1.807) is 29.3 Å². The van der Waals surface area contributed by atoms with Crippen molar-refractivity contribution in [3.63, 3.8) is 0 Å². The highest BCUT2D eigenvalue weighted by atomic mass is 19.4. The molecule has 2 amide bonds. The molecule has 9 heteroatoms. The molecule has 1 aliphatic rings. The lowest BCUT2D eigenvalue weighted by molar-refractivity contribution is -0.137. The number of halogens is 3. The molecule has 0 bridgehead atoms. The maximum Gasteiger partial charge on any atom is 0.416 e. The van der Waals surface area contributed by atoms with Crippen LogP contribution in [0.1, 0.15) is 21.5 Å². The Labute approximate surface area is 146 Å². The zero-order chi connectivity index (χ0) is 18.9. The van der Waals surface area contributed by atoms with Crippen molar-refractivity contribution in [1.82, 2.24) is 10.5 Å². The summed E-state index contributed by atoms with van der Waals surface area (Å²) in [5.74, 6) is -1.11. The number of nitrogens with zero attached hydrogens (tertiary/aromatic N) is 2. The minimum atomic E-state index is -4.40. The van der Waals surface area contributed by atoms with Crippen molar-refractivity contribution in [3.05, 3.63) is 65.2 Å². The average molecular weight is 364 g/mol. The number of benzene rings is 2. The SMILES string of the molecule is NC(=O)CN1NN(Cc2ccc(C(F)(F)F)cc2)c2ccccc2C1=O. The van der Waals surface area contributed by atoms with Crippen molar-refractivity contribution in [2.75, 3.05) is 11.6 Å². The molecule has 136 valence electrons. The lowest BCUT2D eigenvalue weighted by atomic mass is 10.1. The number of amides is 2. The first-order valence-electron chi connectivity index (χ1n) is 7.65. The van der Waals surface area contributed by atoms with Crippen LogP contribution >= 0.6 is 0 Å². The van der Waals surface area contributed by atoms with Crippen LogP contribution in [0.25, 0.3) is 0 Å². The van der Waals surface area contributed by atoms with Gasteiger partial charge in [0.2, 0.25) is 5.91 Å². The molecular formula is C17H15F3N4O2. The van der Waals surface area contributed by atoms with Crippen molar-refractivity contribution in [3.8, 4) is 0 Å². The van der Waals surface area contributed by atoms with Gasteiger partial charge < -0.3 is 5.73 Å². The Morgan fingerprint density at radius 3 is 2.31 bits per heavy atom. The number of nitrogens with two attached hydrogens (primary N) is 1. The van der Waals surface area contributed by atoms with Gasteiger partial charge in [-0.05, 0) is 29.8 Å². The maximum absolute atomic E-state index is 12.7. The molecule has 1 aliphatic heterocycles. The molecule has 0 saturated carbocycles. The zero-order valence-electron chi connectivity index (χ0n) is 13.5. The minimum Gasteiger partial charge on any atom is -0.368 e. The lowest BCUT2D eigenvalue weighted by Crippen LogP contribution is -2.58. The van der Waals surface area contributed by atoms with Gasteiger partial charge in [0.05, 0.1) is 23.4 Å². The number of alkyl halides is 3. The van der Waals surface area contributed by atoms with Crippen LogP contribution in [0.3, 0.4) is 0 Å². The third kappa shape index (κ3) is 3.62. The molecule has 0 aromatic heterocycles. The molecule has 2 aromatic carbocycles. The molecule has 6 nitrogen and oxygen atoms in total. The molecule has 1 heterocycles. The summed E-state index contributed by atoms with van der Waals surface area (Å²) in [5.41, 5.74) is 8.71. The standard InChI is InChI=1S/C17H15F3N4O2/c18-17(19,20)12-7-5-11(6-8-12)9-23-14-4-2-1-3-13(14)16(26)24(22-23)10-15(21)25/h1-8,22H,9-10H2,(H2,21,25). The van der Waals surface area contributed by atoms with Crippen molar-refractivity contribution in [1.29, 1.82) is 0 Å². The highest BCUT2D eigenvalue weighted by Crippen LogP contribution is 2.30. The van der Waals surface area contributed by atoms with E-state index in [-0.39, 0.29) is 13.1 Å². The number of hydrogen-bond acceptors (Lipinski definition) is 4. The van der Waals surface area contributed by atoms with Crippen LogP contribution in [0.2, 0.25) is 0 Å². The fourth-order valence-corrected chi connectivity index (χ4v) is 2.65. The zero-order valence-corrected chi connectivity index (χ0v) is 13.5.